The Kier molecular flexibility index (Phi) is 4.51. The average Bonchev–Trinajstić information content (AvgIpc) is 2.72. The number of rotatable bonds is 4. The van der Waals surface area contributed by atoms with E-state index in [2.05, 4.69) is 42.7 Å². The van der Waals surface area contributed by atoms with Gasteiger partial charge >= 0.3 is 5.97 Å². The molecule has 96 valence electrons. The van der Waals surface area contributed by atoms with Crippen LogP contribution in [0.2, 0.25) is 0 Å². The molecule has 17 heavy (non-hydrogen) atoms. The number of aromatic nitrogens is 1. The van der Waals surface area contributed by atoms with Gasteiger partial charge in [-0.25, -0.2) is 9.78 Å². The Morgan fingerprint density at radius 2 is 2.24 bits per heavy atom. The molecule has 0 amide bonds. The van der Waals surface area contributed by atoms with Crippen molar-refractivity contribution in [1.29, 1.82) is 0 Å². The Labute approximate surface area is 106 Å². The lowest BCUT2D eigenvalue weighted by Gasteiger charge is -2.27. The van der Waals surface area contributed by atoms with Crippen molar-refractivity contribution in [1.82, 2.24) is 4.98 Å². The summed E-state index contributed by atoms with van der Waals surface area (Å²) in [4.78, 5) is 15.4. The number of thiazole rings is 1. The van der Waals surface area contributed by atoms with Gasteiger partial charge in [-0.3, -0.25) is 0 Å². The van der Waals surface area contributed by atoms with Crippen LogP contribution in [-0.2, 0) is 4.74 Å². The maximum absolute atomic E-state index is 11.2. The smallest absolute Gasteiger partial charge is 0.357 e. The van der Waals surface area contributed by atoms with Crippen LogP contribution in [0.4, 0.5) is 5.13 Å². The second-order valence-electron chi connectivity index (χ2n) is 5.18. The van der Waals surface area contributed by atoms with E-state index in [1.807, 2.05) is 0 Å². The van der Waals surface area contributed by atoms with Crippen LogP contribution in [0.5, 0.6) is 0 Å². The fourth-order valence-corrected chi connectivity index (χ4v) is 1.79. The van der Waals surface area contributed by atoms with Crippen LogP contribution < -0.4 is 5.32 Å². The predicted octanol–water partition coefficient (Wildman–Crippen LogP) is 3.02. The highest BCUT2D eigenvalue weighted by Crippen LogP contribution is 2.26. The third-order valence-corrected chi connectivity index (χ3v) is 3.74. The van der Waals surface area contributed by atoms with E-state index in [4.69, 9.17) is 0 Å². The van der Waals surface area contributed by atoms with E-state index in [9.17, 15) is 4.79 Å². The summed E-state index contributed by atoms with van der Waals surface area (Å²) in [7, 11) is 1.36. The summed E-state index contributed by atoms with van der Waals surface area (Å²) in [6.45, 7) is 9.67. The van der Waals surface area contributed by atoms with Gasteiger partial charge in [-0.15, -0.1) is 11.3 Å². The van der Waals surface area contributed by atoms with Gasteiger partial charge in [0.15, 0.2) is 10.8 Å². The van der Waals surface area contributed by atoms with Gasteiger partial charge in [0.2, 0.25) is 0 Å². The quantitative estimate of drug-likeness (QED) is 0.841. The van der Waals surface area contributed by atoms with Gasteiger partial charge in [-0.2, -0.15) is 0 Å². The molecule has 1 atom stereocenters. The molecule has 1 aromatic rings. The molecule has 1 unspecified atom stereocenters. The van der Waals surface area contributed by atoms with Crippen LogP contribution >= 0.6 is 11.3 Å². The second kappa shape index (κ2) is 5.49. The van der Waals surface area contributed by atoms with Gasteiger partial charge in [-0.1, -0.05) is 27.7 Å². The highest BCUT2D eigenvalue weighted by molar-refractivity contribution is 7.13. The SMILES string of the molecule is COC(=O)c1csc(NCC(C)C(C)(C)C)n1. The molecule has 0 aliphatic carbocycles. The number of hydrogen-bond donors (Lipinski definition) is 1. The van der Waals surface area contributed by atoms with Crippen LogP contribution in [0, 0.1) is 11.3 Å². The number of ether oxygens (including phenoxy) is 1. The molecule has 1 aromatic heterocycles. The first-order chi connectivity index (χ1) is 7.84. The third-order valence-electron chi connectivity index (χ3n) is 2.94. The maximum atomic E-state index is 11.2. The third kappa shape index (κ3) is 4.00. The van der Waals surface area contributed by atoms with E-state index >= 15 is 0 Å². The van der Waals surface area contributed by atoms with Crippen LogP contribution in [-0.4, -0.2) is 24.6 Å². The molecular formula is C12H20N2O2S. The van der Waals surface area contributed by atoms with Crippen LogP contribution in [0.3, 0.4) is 0 Å². The lowest BCUT2D eigenvalue weighted by molar-refractivity contribution is 0.0595. The zero-order chi connectivity index (χ0) is 13.1. The van der Waals surface area contributed by atoms with E-state index in [1.54, 1.807) is 5.38 Å². The zero-order valence-corrected chi connectivity index (χ0v) is 11.9. The highest BCUT2D eigenvalue weighted by atomic mass is 32.1. The van der Waals surface area contributed by atoms with E-state index in [-0.39, 0.29) is 5.41 Å². The predicted molar refractivity (Wildman–Crippen MR) is 70.6 cm³/mol. The van der Waals surface area contributed by atoms with E-state index in [0.29, 0.717) is 11.6 Å². The minimum atomic E-state index is -0.391. The van der Waals surface area contributed by atoms with Crippen molar-refractivity contribution in [2.45, 2.75) is 27.7 Å². The second-order valence-corrected chi connectivity index (χ2v) is 6.04. The lowest BCUT2D eigenvalue weighted by atomic mass is 9.82. The van der Waals surface area contributed by atoms with Crippen molar-refractivity contribution in [3.05, 3.63) is 11.1 Å². The fraction of sp³-hybridized carbons (Fsp3) is 0.667. The molecule has 0 bridgehead atoms. The molecule has 4 nitrogen and oxygen atoms in total. The summed E-state index contributed by atoms with van der Waals surface area (Å²) in [5, 5.41) is 5.72. The van der Waals surface area contributed by atoms with Gasteiger partial charge in [0.25, 0.3) is 0 Å². The summed E-state index contributed by atoms with van der Waals surface area (Å²) >= 11 is 1.42. The van der Waals surface area contributed by atoms with Crippen molar-refractivity contribution >= 4 is 22.4 Å². The van der Waals surface area contributed by atoms with Crippen molar-refractivity contribution in [3.63, 3.8) is 0 Å². The molecule has 1 rings (SSSR count). The van der Waals surface area contributed by atoms with E-state index in [1.165, 1.54) is 18.4 Å². The molecule has 0 spiro atoms. The summed E-state index contributed by atoms with van der Waals surface area (Å²) < 4.78 is 4.61. The number of carbonyl (C=O) groups excluding carboxylic acids is 1. The normalized spacial score (nSPS) is 13.2. The molecular weight excluding hydrogens is 236 g/mol. The summed E-state index contributed by atoms with van der Waals surface area (Å²) in [6, 6.07) is 0. The first kappa shape index (κ1) is 14.0. The largest absolute Gasteiger partial charge is 0.464 e. The Balaban J connectivity index is 2.53. The van der Waals surface area contributed by atoms with Crippen molar-refractivity contribution in [2.24, 2.45) is 11.3 Å². The number of anilines is 1. The standard InChI is InChI=1S/C12H20N2O2S/c1-8(12(2,3)4)6-13-11-14-9(7-17-11)10(15)16-5/h7-8H,6H2,1-5H3,(H,13,14). The van der Waals surface area contributed by atoms with Gasteiger partial charge in [0.1, 0.15) is 0 Å². The fourth-order valence-electron chi connectivity index (χ4n) is 1.10. The first-order valence-corrected chi connectivity index (χ1v) is 6.50. The summed E-state index contributed by atoms with van der Waals surface area (Å²) in [5.41, 5.74) is 0.624. The molecule has 5 heteroatoms. The number of esters is 1. The monoisotopic (exact) mass is 256 g/mol. The Bertz CT molecular complexity index is 382. The molecule has 0 aliphatic rings. The number of nitrogens with zero attached hydrogens (tertiary/aromatic N) is 1. The molecule has 1 N–H and O–H groups in total. The molecule has 0 fully saturated rings. The number of nitrogens with one attached hydrogen (secondary N) is 1. The molecule has 0 aliphatic heterocycles. The Morgan fingerprint density at radius 3 is 2.76 bits per heavy atom. The van der Waals surface area contributed by atoms with Crippen molar-refractivity contribution < 1.29 is 9.53 Å². The number of hydrogen-bond acceptors (Lipinski definition) is 5. The van der Waals surface area contributed by atoms with Crippen molar-refractivity contribution in [2.75, 3.05) is 19.0 Å². The summed E-state index contributed by atoms with van der Waals surface area (Å²) in [6.07, 6.45) is 0. The minimum absolute atomic E-state index is 0.259. The van der Waals surface area contributed by atoms with Crippen LogP contribution in [0.25, 0.3) is 0 Å². The molecule has 0 saturated heterocycles. The first-order valence-electron chi connectivity index (χ1n) is 5.62. The topological polar surface area (TPSA) is 51.2 Å². The highest BCUT2D eigenvalue weighted by Gasteiger charge is 2.20. The van der Waals surface area contributed by atoms with Gasteiger partial charge in [0.05, 0.1) is 7.11 Å². The summed E-state index contributed by atoms with van der Waals surface area (Å²) in [5.74, 6) is 0.131. The van der Waals surface area contributed by atoms with Crippen LogP contribution in [0.15, 0.2) is 5.38 Å². The minimum Gasteiger partial charge on any atom is -0.464 e. The number of methoxy groups -OCH3 is 1. The van der Waals surface area contributed by atoms with E-state index < -0.39 is 5.97 Å². The average molecular weight is 256 g/mol. The lowest BCUT2D eigenvalue weighted by Crippen LogP contribution is -2.24. The van der Waals surface area contributed by atoms with Gasteiger partial charge in [0, 0.05) is 11.9 Å². The van der Waals surface area contributed by atoms with Crippen LogP contribution in [0.1, 0.15) is 38.2 Å². The molecule has 0 aromatic carbocycles. The van der Waals surface area contributed by atoms with Gasteiger partial charge in [-0.05, 0) is 11.3 Å². The molecule has 0 saturated carbocycles. The van der Waals surface area contributed by atoms with Crippen molar-refractivity contribution in [3.8, 4) is 0 Å². The van der Waals surface area contributed by atoms with Gasteiger partial charge < -0.3 is 10.1 Å². The maximum Gasteiger partial charge on any atom is 0.357 e. The number of carbonyl (C=O) groups is 1. The Hall–Kier alpha value is -1.10. The Morgan fingerprint density at radius 1 is 1.59 bits per heavy atom. The molecule has 1 heterocycles. The zero-order valence-electron chi connectivity index (χ0n) is 11.0. The van der Waals surface area contributed by atoms with E-state index in [0.717, 1.165) is 11.7 Å². The molecule has 0 radical (unpaired) electrons.